The number of nitrogens with two attached hydrogens (primary N) is 1. The van der Waals surface area contributed by atoms with Gasteiger partial charge in [0.05, 0.1) is 0 Å². The first-order valence-corrected chi connectivity index (χ1v) is 5.00. The van der Waals surface area contributed by atoms with Crippen LogP contribution in [0.4, 0.5) is 0 Å². The predicted octanol–water partition coefficient (Wildman–Crippen LogP) is 1.65. The monoisotopic (exact) mass is 227 g/mol. The predicted molar refractivity (Wildman–Crippen MR) is 59.8 cm³/mol. The fourth-order valence-electron chi connectivity index (χ4n) is 2.17. The molecule has 1 aromatic rings. The van der Waals surface area contributed by atoms with Crippen LogP contribution < -0.4 is 15.2 Å². The molecule has 3 nitrogen and oxygen atoms in total. The van der Waals surface area contributed by atoms with E-state index in [1.54, 1.807) is 0 Å². The van der Waals surface area contributed by atoms with Gasteiger partial charge >= 0.3 is 0 Å². The third-order valence-electron chi connectivity index (χ3n) is 2.96. The van der Waals surface area contributed by atoms with Crippen LogP contribution in [0.25, 0.3) is 0 Å². The van der Waals surface area contributed by atoms with E-state index in [2.05, 4.69) is 12.1 Å². The molecule has 1 unspecified atom stereocenters. The van der Waals surface area contributed by atoms with Crippen molar-refractivity contribution in [2.75, 3.05) is 6.79 Å². The van der Waals surface area contributed by atoms with E-state index in [1.165, 1.54) is 11.1 Å². The third-order valence-corrected chi connectivity index (χ3v) is 2.96. The normalized spacial score (nSPS) is 21.8. The number of hydrogen-bond donors (Lipinski definition) is 1. The van der Waals surface area contributed by atoms with E-state index in [0.717, 1.165) is 30.8 Å². The Balaban J connectivity index is 0.000000853. The minimum absolute atomic E-state index is 0. The Morgan fingerprint density at radius 3 is 2.53 bits per heavy atom. The summed E-state index contributed by atoms with van der Waals surface area (Å²) in [5.41, 5.74) is 8.62. The molecule has 82 valence electrons. The Morgan fingerprint density at radius 1 is 1.13 bits per heavy atom. The van der Waals surface area contributed by atoms with Gasteiger partial charge in [0.1, 0.15) is 0 Å². The van der Waals surface area contributed by atoms with Crippen LogP contribution in [0.3, 0.4) is 0 Å². The molecule has 1 aliphatic carbocycles. The lowest BCUT2D eigenvalue weighted by atomic mass is 9.88. The van der Waals surface area contributed by atoms with E-state index in [4.69, 9.17) is 15.2 Å². The molecular formula is C11H14ClNO2. The van der Waals surface area contributed by atoms with Crippen LogP contribution in [-0.2, 0) is 12.8 Å². The summed E-state index contributed by atoms with van der Waals surface area (Å²) in [6.45, 7) is 0.351. The number of hydrogen-bond acceptors (Lipinski definition) is 3. The van der Waals surface area contributed by atoms with Crippen LogP contribution in [-0.4, -0.2) is 12.8 Å². The summed E-state index contributed by atoms with van der Waals surface area (Å²) in [5.74, 6) is 1.76. The van der Waals surface area contributed by atoms with Gasteiger partial charge in [-0.2, -0.15) is 0 Å². The highest BCUT2D eigenvalue weighted by molar-refractivity contribution is 5.85. The van der Waals surface area contributed by atoms with Crippen molar-refractivity contribution in [3.63, 3.8) is 0 Å². The lowest BCUT2D eigenvalue weighted by Crippen LogP contribution is -2.27. The molecule has 1 aliphatic heterocycles. The number of rotatable bonds is 0. The molecule has 1 heterocycles. The molecule has 2 aliphatic rings. The molecule has 0 saturated carbocycles. The van der Waals surface area contributed by atoms with Gasteiger partial charge in [-0.1, -0.05) is 0 Å². The highest BCUT2D eigenvalue weighted by Gasteiger charge is 2.21. The second kappa shape index (κ2) is 3.91. The Bertz CT molecular complexity index is 381. The van der Waals surface area contributed by atoms with Crippen molar-refractivity contribution in [3.8, 4) is 11.5 Å². The van der Waals surface area contributed by atoms with Gasteiger partial charge in [-0.05, 0) is 42.5 Å². The van der Waals surface area contributed by atoms with Gasteiger partial charge < -0.3 is 15.2 Å². The zero-order valence-corrected chi connectivity index (χ0v) is 9.18. The van der Waals surface area contributed by atoms with Crippen LogP contribution >= 0.6 is 12.4 Å². The summed E-state index contributed by atoms with van der Waals surface area (Å²) in [5, 5.41) is 0. The van der Waals surface area contributed by atoms with Crippen molar-refractivity contribution >= 4 is 12.4 Å². The highest BCUT2D eigenvalue weighted by Crippen LogP contribution is 2.37. The maximum atomic E-state index is 5.92. The fourth-order valence-corrected chi connectivity index (χ4v) is 2.17. The molecule has 0 aromatic heterocycles. The lowest BCUT2D eigenvalue weighted by molar-refractivity contribution is 0.174. The first kappa shape index (κ1) is 10.6. The zero-order chi connectivity index (χ0) is 9.54. The van der Waals surface area contributed by atoms with Gasteiger partial charge in [-0.3, -0.25) is 0 Å². The van der Waals surface area contributed by atoms with Gasteiger partial charge in [0.2, 0.25) is 6.79 Å². The van der Waals surface area contributed by atoms with Gasteiger partial charge in [-0.15, -0.1) is 12.4 Å². The summed E-state index contributed by atoms with van der Waals surface area (Å²) < 4.78 is 10.7. The summed E-state index contributed by atoms with van der Waals surface area (Å²) in [6.07, 6.45) is 3.10. The average Bonchev–Trinajstić information content (AvgIpc) is 2.61. The zero-order valence-electron chi connectivity index (χ0n) is 8.36. The summed E-state index contributed by atoms with van der Waals surface area (Å²) >= 11 is 0. The number of fused-ring (bicyclic) bond motifs is 2. The van der Waals surface area contributed by atoms with Gasteiger partial charge in [0.15, 0.2) is 11.5 Å². The Hall–Kier alpha value is -0.930. The quantitative estimate of drug-likeness (QED) is 0.733. The second-order valence-electron chi connectivity index (χ2n) is 3.98. The molecule has 0 bridgehead atoms. The molecule has 0 saturated heterocycles. The molecular weight excluding hydrogens is 214 g/mol. The molecule has 4 heteroatoms. The fraction of sp³-hybridized carbons (Fsp3) is 0.455. The van der Waals surface area contributed by atoms with Crippen molar-refractivity contribution in [2.24, 2.45) is 5.73 Å². The number of aryl methyl sites for hydroxylation is 1. The lowest BCUT2D eigenvalue weighted by Gasteiger charge is -2.21. The maximum Gasteiger partial charge on any atom is 0.231 e. The van der Waals surface area contributed by atoms with Crippen LogP contribution in [0.1, 0.15) is 17.5 Å². The van der Waals surface area contributed by atoms with E-state index in [0.29, 0.717) is 12.8 Å². The Morgan fingerprint density at radius 2 is 1.80 bits per heavy atom. The van der Waals surface area contributed by atoms with Crippen molar-refractivity contribution in [2.45, 2.75) is 25.3 Å². The van der Waals surface area contributed by atoms with Crippen molar-refractivity contribution in [1.29, 1.82) is 0 Å². The molecule has 3 rings (SSSR count). The molecule has 1 atom stereocenters. The molecule has 0 amide bonds. The van der Waals surface area contributed by atoms with Crippen molar-refractivity contribution in [3.05, 3.63) is 23.3 Å². The van der Waals surface area contributed by atoms with Crippen molar-refractivity contribution in [1.82, 2.24) is 0 Å². The maximum absolute atomic E-state index is 5.92. The summed E-state index contributed by atoms with van der Waals surface area (Å²) in [6, 6.07) is 4.49. The van der Waals surface area contributed by atoms with Crippen LogP contribution in [0.15, 0.2) is 12.1 Å². The van der Waals surface area contributed by atoms with E-state index in [1.807, 2.05) is 0 Å². The molecule has 2 N–H and O–H groups in total. The van der Waals surface area contributed by atoms with E-state index in [-0.39, 0.29) is 12.4 Å². The first-order valence-electron chi connectivity index (χ1n) is 5.00. The van der Waals surface area contributed by atoms with Gasteiger partial charge in [-0.25, -0.2) is 0 Å². The number of halogens is 1. The van der Waals surface area contributed by atoms with E-state index in [9.17, 15) is 0 Å². The molecule has 0 radical (unpaired) electrons. The number of ether oxygens (including phenoxy) is 2. The standard InChI is InChI=1S/C11H13NO2.ClH/c12-9-2-1-7-4-10-11(14-6-13-10)5-8(7)3-9;/h4-5,9H,1-3,6,12H2;1H. The molecule has 0 spiro atoms. The SMILES string of the molecule is Cl.NC1CCc2cc3c(cc2C1)OCO3. The van der Waals surface area contributed by atoms with Crippen LogP contribution in [0.5, 0.6) is 11.5 Å². The van der Waals surface area contributed by atoms with E-state index >= 15 is 0 Å². The van der Waals surface area contributed by atoms with E-state index < -0.39 is 0 Å². The molecule has 0 fully saturated rings. The Labute approximate surface area is 95.0 Å². The minimum atomic E-state index is 0. The Kier molecular flexibility index (Phi) is 2.76. The van der Waals surface area contributed by atoms with Gasteiger partial charge in [0, 0.05) is 6.04 Å². The molecule has 15 heavy (non-hydrogen) atoms. The minimum Gasteiger partial charge on any atom is -0.454 e. The third kappa shape index (κ3) is 1.77. The highest BCUT2D eigenvalue weighted by atomic mass is 35.5. The second-order valence-corrected chi connectivity index (χ2v) is 3.98. The topological polar surface area (TPSA) is 44.5 Å². The molecule has 1 aromatic carbocycles. The first-order chi connectivity index (χ1) is 6.83. The summed E-state index contributed by atoms with van der Waals surface area (Å²) in [4.78, 5) is 0. The van der Waals surface area contributed by atoms with Gasteiger partial charge in [0.25, 0.3) is 0 Å². The average molecular weight is 228 g/mol. The largest absolute Gasteiger partial charge is 0.454 e. The van der Waals surface area contributed by atoms with Crippen molar-refractivity contribution < 1.29 is 9.47 Å². The summed E-state index contributed by atoms with van der Waals surface area (Å²) in [7, 11) is 0. The van der Waals surface area contributed by atoms with Crippen LogP contribution in [0.2, 0.25) is 0 Å². The number of benzene rings is 1. The van der Waals surface area contributed by atoms with Crippen LogP contribution in [0, 0.1) is 0 Å². The smallest absolute Gasteiger partial charge is 0.231 e.